The molecule has 0 unspecified atom stereocenters. The zero-order valence-electron chi connectivity index (χ0n) is 13.3. The number of aliphatic carboxylic acids is 1. The minimum absolute atomic E-state index is 0.0120. The molecule has 0 bridgehead atoms. The zero-order valence-corrected chi connectivity index (χ0v) is 13.3. The number of amides is 1. The van der Waals surface area contributed by atoms with E-state index in [-0.39, 0.29) is 24.3 Å². The van der Waals surface area contributed by atoms with Gasteiger partial charge in [-0.15, -0.1) is 0 Å². The predicted octanol–water partition coefficient (Wildman–Crippen LogP) is 3.58. The van der Waals surface area contributed by atoms with E-state index >= 15 is 0 Å². The molecule has 1 aliphatic carbocycles. The lowest BCUT2D eigenvalue weighted by molar-refractivity contribution is -0.137. The molecule has 1 fully saturated rings. The molecule has 1 saturated carbocycles. The number of carbonyl (C=O) groups is 2. The maximum absolute atomic E-state index is 12.9. The van der Waals surface area contributed by atoms with Crippen molar-refractivity contribution in [3.63, 3.8) is 0 Å². The summed E-state index contributed by atoms with van der Waals surface area (Å²) < 4.78 is 5.93. The van der Waals surface area contributed by atoms with Gasteiger partial charge in [-0.3, -0.25) is 9.59 Å². The molecule has 5 heteroatoms. The molecule has 0 spiro atoms. The summed E-state index contributed by atoms with van der Waals surface area (Å²) in [5.74, 6) is -1.10. The highest BCUT2D eigenvalue weighted by molar-refractivity contribution is 6.09. The van der Waals surface area contributed by atoms with E-state index in [0.29, 0.717) is 5.58 Å². The van der Waals surface area contributed by atoms with Crippen molar-refractivity contribution < 1.29 is 19.1 Å². The standard InChI is InChI=1S/C19H17NO4/c1-11-14-9-6-12-4-2-3-5-15(12)18(14)24-17(11)19(23)20(10-16(21)22)13-7-8-13/h2-6,9,13H,7-8,10H2,1H3,(H,21,22). The van der Waals surface area contributed by atoms with Crippen LogP contribution >= 0.6 is 0 Å². The van der Waals surface area contributed by atoms with Crippen LogP contribution in [0.4, 0.5) is 0 Å². The Kier molecular flexibility index (Phi) is 3.30. The summed E-state index contributed by atoms with van der Waals surface area (Å²) in [6.45, 7) is 1.56. The van der Waals surface area contributed by atoms with Gasteiger partial charge >= 0.3 is 5.97 Å². The SMILES string of the molecule is Cc1c(C(=O)N(CC(=O)O)C2CC2)oc2c1ccc1ccccc12. The van der Waals surface area contributed by atoms with Crippen molar-refractivity contribution >= 4 is 33.6 Å². The van der Waals surface area contributed by atoms with E-state index in [9.17, 15) is 9.59 Å². The van der Waals surface area contributed by atoms with Crippen LogP contribution in [0.25, 0.3) is 21.7 Å². The minimum atomic E-state index is -1.01. The van der Waals surface area contributed by atoms with Gasteiger partial charge in [0.1, 0.15) is 12.1 Å². The van der Waals surface area contributed by atoms with Crippen molar-refractivity contribution in [2.24, 2.45) is 0 Å². The van der Waals surface area contributed by atoms with Gasteiger partial charge in [0, 0.05) is 22.4 Å². The van der Waals surface area contributed by atoms with Crippen LogP contribution in [-0.4, -0.2) is 34.5 Å². The quantitative estimate of drug-likeness (QED) is 0.796. The molecular weight excluding hydrogens is 306 g/mol. The van der Waals surface area contributed by atoms with Crippen LogP contribution in [0, 0.1) is 6.92 Å². The molecule has 0 aliphatic heterocycles. The molecular formula is C19H17NO4. The number of carboxylic acid groups (broad SMARTS) is 1. The summed E-state index contributed by atoms with van der Waals surface area (Å²) in [5, 5.41) is 12.0. The first-order valence-electron chi connectivity index (χ1n) is 8.00. The van der Waals surface area contributed by atoms with E-state index in [1.807, 2.05) is 43.3 Å². The normalized spacial score (nSPS) is 14.2. The second-order valence-electron chi connectivity index (χ2n) is 6.28. The van der Waals surface area contributed by atoms with Crippen molar-refractivity contribution in [1.29, 1.82) is 0 Å². The summed E-state index contributed by atoms with van der Waals surface area (Å²) in [4.78, 5) is 25.4. The van der Waals surface area contributed by atoms with Crippen LogP contribution in [0.15, 0.2) is 40.8 Å². The lowest BCUT2D eigenvalue weighted by Crippen LogP contribution is -2.37. The van der Waals surface area contributed by atoms with Crippen LogP contribution in [-0.2, 0) is 4.79 Å². The second kappa shape index (κ2) is 5.37. The van der Waals surface area contributed by atoms with Crippen LogP contribution in [0.5, 0.6) is 0 Å². The van der Waals surface area contributed by atoms with Gasteiger partial charge in [-0.1, -0.05) is 36.4 Å². The van der Waals surface area contributed by atoms with Gasteiger partial charge < -0.3 is 14.4 Å². The average Bonchev–Trinajstić information content (AvgIpc) is 3.35. The van der Waals surface area contributed by atoms with Crippen LogP contribution in [0.2, 0.25) is 0 Å². The van der Waals surface area contributed by atoms with Gasteiger partial charge in [0.25, 0.3) is 5.91 Å². The first-order valence-corrected chi connectivity index (χ1v) is 8.00. The van der Waals surface area contributed by atoms with E-state index in [1.54, 1.807) is 0 Å². The summed E-state index contributed by atoms with van der Waals surface area (Å²) in [6, 6.07) is 11.8. The Morgan fingerprint density at radius 3 is 2.62 bits per heavy atom. The first-order chi connectivity index (χ1) is 11.6. The fourth-order valence-electron chi connectivity index (χ4n) is 3.18. The van der Waals surface area contributed by atoms with Gasteiger partial charge in [0.15, 0.2) is 5.76 Å². The summed E-state index contributed by atoms with van der Waals surface area (Å²) in [6.07, 6.45) is 1.70. The number of benzene rings is 2. The maximum Gasteiger partial charge on any atom is 0.323 e. The molecule has 1 heterocycles. The lowest BCUT2D eigenvalue weighted by atomic mass is 10.1. The number of fused-ring (bicyclic) bond motifs is 3. The van der Waals surface area contributed by atoms with Gasteiger partial charge in [-0.25, -0.2) is 0 Å². The van der Waals surface area contributed by atoms with Gasteiger partial charge in [0.05, 0.1) is 0 Å². The molecule has 1 amide bonds. The first kappa shape index (κ1) is 14.8. The third kappa shape index (κ3) is 2.33. The van der Waals surface area contributed by atoms with E-state index < -0.39 is 5.97 Å². The maximum atomic E-state index is 12.9. The molecule has 1 N–H and O–H groups in total. The minimum Gasteiger partial charge on any atom is -0.480 e. The largest absolute Gasteiger partial charge is 0.480 e. The van der Waals surface area contributed by atoms with Crippen molar-refractivity contribution in [3.05, 3.63) is 47.7 Å². The Balaban J connectivity index is 1.84. The van der Waals surface area contributed by atoms with Crippen molar-refractivity contribution in [3.8, 4) is 0 Å². The molecule has 3 aromatic rings. The van der Waals surface area contributed by atoms with Gasteiger partial charge in [-0.05, 0) is 25.2 Å². The smallest absolute Gasteiger partial charge is 0.323 e. The Morgan fingerprint density at radius 2 is 1.92 bits per heavy atom. The Bertz CT molecular complexity index is 968. The monoisotopic (exact) mass is 323 g/mol. The third-order valence-corrected chi connectivity index (χ3v) is 4.58. The molecule has 0 saturated heterocycles. The van der Waals surface area contributed by atoms with E-state index in [0.717, 1.165) is 34.6 Å². The van der Waals surface area contributed by atoms with Crippen LogP contribution < -0.4 is 0 Å². The molecule has 4 rings (SSSR count). The number of nitrogens with zero attached hydrogens (tertiary/aromatic N) is 1. The molecule has 24 heavy (non-hydrogen) atoms. The van der Waals surface area contributed by atoms with E-state index in [2.05, 4.69) is 0 Å². The number of rotatable bonds is 4. The van der Waals surface area contributed by atoms with Crippen LogP contribution in [0.3, 0.4) is 0 Å². The number of hydrogen-bond donors (Lipinski definition) is 1. The van der Waals surface area contributed by atoms with Crippen molar-refractivity contribution in [2.45, 2.75) is 25.8 Å². The number of carbonyl (C=O) groups excluding carboxylic acids is 1. The number of carboxylic acids is 1. The second-order valence-corrected chi connectivity index (χ2v) is 6.28. The summed E-state index contributed by atoms with van der Waals surface area (Å²) in [7, 11) is 0. The fourth-order valence-corrected chi connectivity index (χ4v) is 3.18. The topological polar surface area (TPSA) is 70.8 Å². The number of hydrogen-bond acceptors (Lipinski definition) is 3. The average molecular weight is 323 g/mol. The number of aryl methyl sites for hydroxylation is 1. The van der Waals surface area contributed by atoms with Gasteiger partial charge in [-0.2, -0.15) is 0 Å². The fraction of sp³-hybridized carbons (Fsp3) is 0.263. The molecule has 122 valence electrons. The number of furan rings is 1. The predicted molar refractivity (Wildman–Crippen MR) is 90.2 cm³/mol. The van der Waals surface area contributed by atoms with Gasteiger partial charge in [0.2, 0.25) is 0 Å². The Labute approximate surface area is 138 Å². The highest BCUT2D eigenvalue weighted by Crippen LogP contribution is 2.34. The van der Waals surface area contributed by atoms with Crippen molar-refractivity contribution in [2.75, 3.05) is 6.54 Å². The summed E-state index contributed by atoms with van der Waals surface area (Å²) in [5.41, 5.74) is 1.44. The molecule has 1 aliphatic rings. The summed E-state index contributed by atoms with van der Waals surface area (Å²) >= 11 is 0. The molecule has 0 radical (unpaired) electrons. The molecule has 5 nitrogen and oxygen atoms in total. The zero-order chi connectivity index (χ0) is 16.8. The molecule has 0 atom stereocenters. The third-order valence-electron chi connectivity index (χ3n) is 4.58. The molecule has 1 aromatic heterocycles. The molecule has 2 aromatic carbocycles. The highest BCUT2D eigenvalue weighted by atomic mass is 16.4. The lowest BCUT2D eigenvalue weighted by Gasteiger charge is -2.19. The van der Waals surface area contributed by atoms with Crippen molar-refractivity contribution in [1.82, 2.24) is 4.90 Å². The van der Waals surface area contributed by atoms with E-state index in [1.165, 1.54) is 4.90 Å². The van der Waals surface area contributed by atoms with Crippen LogP contribution in [0.1, 0.15) is 29.0 Å². The Hall–Kier alpha value is -2.82. The highest BCUT2D eigenvalue weighted by Gasteiger charge is 2.36. The Morgan fingerprint density at radius 1 is 1.17 bits per heavy atom. The van der Waals surface area contributed by atoms with E-state index in [4.69, 9.17) is 9.52 Å².